The third-order valence-corrected chi connectivity index (χ3v) is 3.96. The average Bonchev–Trinajstić information content (AvgIpc) is 3.19. The van der Waals surface area contributed by atoms with Crippen LogP contribution in [-0.4, -0.2) is 35.7 Å². The number of halogens is 4. The summed E-state index contributed by atoms with van der Waals surface area (Å²) < 4.78 is 40.0. The molecule has 0 unspecified atom stereocenters. The second-order valence-corrected chi connectivity index (χ2v) is 6.13. The minimum atomic E-state index is -4.40. The summed E-state index contributed by atoms with van der Waals surface area (Å²) >= 11 is 5.85. The molecule has 0 aliphatic heterocycles. The number of nitrogens with two attached hydrogens (primary N) is 1. The van der Waals surface area contributed by atoms with E-state index in [4.69, 9.17) is 17.3 Å². The molecule has 27 heavy (non-hydrogen) atoms. The van der Waals surface area contributed by atoms with Gasteiger partial charge >= 0.3 is 11.9 Å². The van der Waals surface area contributed by atoms with Gasteiger partial charge in [-0.05, 0) is 24.3 Å². The van der Waals surface area contributed by atoms with E-state index in [2.05, 4.69) is 20.3 Å². The van der Waals surface area contributed by atoms with E-state index in [1.54, 1.807) is 24.3 Å². The fraction of sp³-hybridized carbons (Fsp3) is 0.333. The van der Waals surface area contributed by atoms with E-state index in [0.717, 1.165) is 9.25 Å². The van der Waals surface area contributed by atoms with E-state index < -0.39 is 24.8 Å². The summed E-state index contributed by atoms with van der Waals surface area (Å²) in [5.41, 5.74) is 5.22. The van der Waals surface area contributed by atoms with Gasteiger partial charge in [0.05, 0.1) is 13.0 Å². The van der Waals surface area contributed by atoms with Crippen molar-refractivity contribution in [2.24, 2.45) is 5.73 Å². The van der Waals surface area contributed by atoms with E-state index in [1.165, 1.54) is 0 Å². The number of nitrogens with one attached hydrogen (secondary N) is 1. The van der Waals surface area contributed by atoms with Gasteiger partial charge in [-0.2, -0.15) is 18.3 Å². The number of nitrogens with zero attached hydrogens (tertiary/aromatic N) is 5. The smallest absolute Gasteiger partial charge is 0.324 e. The van der Waals surface area contributed by atoms with Crippen molar-refractivity contribution < 1.29 is 13.2 Å². The molecule has 0 atom stereocenters. The molecule has 8 nitrogen and oxygen atoms in total. The molecule has 0 saturated heterocycles. The Bertz CT molecular complexity index is 975. The molecule has 144 valence electrons. The van der Waals surface area contributed by atoms with E-state index in [0.29, 0.717) is 22.2 Å². The Labute approximate surface area is 155 Å². The quantitative estimate of drug-likeness (QED) is 0.656. The molecule has 0 aliphatic rings. The summed E-state index contributed by atoms with van der Waals surface area (Å²) in [7, 11) is 0. The molecule has 0 aliphatic carbocycles. The molecule has 12 heteroatoms. The first-order valence-corrected chi connectivity index (χ1v) is 8.25. The van der Waals surface area contributed by atoms with E-state index in [-0.39, 0.29) is 18.9 Å². The first kappa shape index (κ1) is 19.1. The SMILES string of the molecule is NCc1n[nH]c(Cn2nc(-c3ccc(Cl)cc3)n(CCC(F)(F)F)c2=O)n1. The summed E-state index contributed by atoms with van der Waals surface area (Å²) in [4.78, 5) is 16.7. The van der Waals surface area contributed by atoms with Crippen LogP contribution in [0.15, 0.2) is 29.1 Å². The molecule has 2 aromatic heterocycles. The number of benzene rings is 1. The molecule has 3 aromatic rings. The Hall–Kier alpha value is -2.66. The Morgan fingerprint density at radius 1 is 1.22 bits per heavy atom. The minimum Gasteiger partial charge on any atom is -0.324 e. The van der Waals surface area contributed by atoms with Crippen molar-refractivity contribution in [3.8, 4) is 11.4 Å². The van der Waals surface area contributed by atoms with Crippen LogP contribution in [0.5, 0.6) is 0 Å². The molecule has 0 fully saturated rings. The van der Waals surface area contributed by atoms with Crippen molar-refractivity contribution >= 4 is 11.6 Å². The van der Waals surface area contributed by atoms with Gasteiger partial charge in [-0.3, -0.25) is 9.67 Å². The lowest BCUT2D eigenvalue weighted by Gasteiger charge is -2.08. The molecule has 0 amide bonds. The first-order valence-electron chi connectivity index (χ1n) is 7.87. The molecule has 1 aromatic carbocycles. The van der Waals surface area contributed by atoms with Gasteiger partial charge in [0.25, 0.3) is 0 Å². The molecule has 0 radical (unpaired) electrons. The standard InChI is InChI=1S/C15H15ClF3N7O/c16-10-3-1-9(2-4-10)13-24-26(8-12-21-11(7-20)22-23-12)14(27)25(13)6-5-15(17,18)19/h1-4H,5-8,20H2,(H,21,22,23). The Kier molecular flexibility index (Phi) is 5.33. The van der Waals surface area contributed by atoms with Crippen LogP contribution in [0.3, 0.4) is 0 Å². The van der Waals surface area contributed by atoms with Crippen LogP contribution in [0.2, 0.25) is 5.02 Å². The number of aromatic amines is 1. The summed E-state index contributed by atoms with van der Waals surface area (Å²) in [6, 6.07) is 6.30. The van der Waals surface area contributed by atoms with Gasteiger partial charge in [0.2, 0.25) is 0 Å². The summed E-state index contributed by atoms with van der Waals surface area (Å²) in [5, 5.41) is 11.1. The fourth-order valence-electron chi connectivity index (χ4n) is 2.44. The molecule has 3 rings (SSSR count). The molecule has 0 spiro atoms. The zero-order valence-electron chi connectivity index (χ0n) is 13.9. The molecule has 0 saturated carbocycles. The molecular formula is C15H15ClF3N7O. The highest BCUT2D eigenvalue weighted by Crippen LogP contribution is 2.23. The predicted molar refractivity (Wildman–Crippen MR) is 91.0 cm³/mol. The van der Waals surface area contributed by atoms with Crippen LogP contribution in [-0.2, 0) is 19.6 Å². The number of aromatic nitrogens is 6. The normalized spacial score (nSPS) is 11.9. The van der Waals surface area contributed by atoms with E-state index >= 15 is 0 Å². The highest BCUT2D eigenvalue weighted by Gasteiger charge is 2.28. The summed E-state index contributed by atoms with van der Waals surface area (Å²) in [6.45, 7) is -0.516. The maximum Gasteiger partial charge on any atom is 0.390 e. The van der Waals surface area contributed by atoms with Crippen LogP contribution < -0.4 is 11.4 Å². The van der Waals surface area contributed by atoms with Gasteiger partial charge in [0, 0.05) is 17.1 Å². The first-order chi connectivity index (χ1) is 12.8. The second-order valence-electron chi connectivity index (χ2n) is 5.69. The monoisotopic (exact) mass is 401 g/mol. The third-order valence-electron chi connectivity index (χ3n) is 3.70. The summed E-state index contributed by atoms with van der Waals surface area (Å²) in [5.74, 6) is 0.785. The number of H-pyrrole nitrogens is 1. The largest absolute Gasteiger partial charge is 0.390 e. The Morgan fingerprint density at radius 3 is 2.52 bits per heavy atom. The van der Waals surface area contributed by atoms with Gasteiger partial charge in [0.1, 0.15) is 12.4 Å². The van der Waals surface area contributed by atoms with Crippen LogP contribution in [0.4, 0.5) is 13.2 Å². The van der Waals surface area contributed by atoms with Crippen molar-refractivity contribution in [3.63, 3.8) is 0 Å². The van der Waals surface area contributed by atoms with Crippen molar-refractivity contribution in [3.05, 3.63) is 51.4 Å². The third kappa shape index (κ3) is 4.55. The van der Waals surface area contributed by atoms with Gasteiger partial charge in [-0.15, -0.1) is 5.10 Å². The average molecular weight is 402 g/mol. The van der Waals surface area contributed by atoms with Gasteiger partial charge in [0.15, 0.2) is 11.6 Å². The number of hydrogen-bond donors (Lipinski definition) is 2. The molecular weight excluding hydrogens is 387 g/mol. The Balaban J connectivity index is 1.99. The number of rotatable bonds is 6. The number of alkyl halides is 3. The zero-order chi connectivity index (χ0) is 19.6. The molecule has 0 bridgehead atoms. The zero-order valence-corrected chi connectivity index (χ0v) is 14.6. The lowest BCUT2D eigenvalue weighted by Crippen LogP contribution is -2.27. The van der Waals surface area contributed by atoms with Crippen molar-refractivity contribution in [2.75, 3.05) is 0 Å². The van der Waals surface area contributed by atoms with Crippen molar-refractivity contribution in [1.29, 1.82) is 0 Å². The fourth-order valence-corrected chi connectivity index (χ4v) is 2.56. The van der Waals surface area contributed by atoms with Crippen molar-refractivity contribution in [1.82, 2.24) is 29.5 Å². The van der Waals surface area contributed by atoms with Crippen LogP contribution >= 0.6 is 11.6 Å². The van der Waals surface area contributed by atoms with Gasteiger partial charge < -0.3 is 5.73 Å². The van der Waals surface area contributed by atoms with E-state index in [9.17, 15) is 18.0 Å². The maximum absolute atomic E-state index is 12.7. The van der Waals surface area contributed by atoms with E-state index in [1.807, 2.05) is 0 Å². The minimum absolute atomic E-state index is 0.0779. The van der Waals surface area contributed by atoms with Gasteiger partial charge in [-0.25, -0.2) is 14.5 Å². The molecule has 3 N–H and O–H groups in total. The lowest BCUT2D eigenvalue weighted by atomic mass is 10.2. The Morgan fingerprint density at radius 2 is 1.93 bits per heavy atom. The highest BCUT2D eigenvalue weighted by atomic mass is 35.5. The van der Waals surface area contributed by atoms with Crippen molar-refractivity contribution in [2.45, 2.75) is 32.2 Å². The van der Waals surface area contributed by atoms with Crippen LogP contribution in [0, 0.1) is 0 Å². The molecule has 2 heterocycles. The predicted octanol–water partition coefficient (Wildman–Crippen LogP) is 1.94. The highest BCUT2D eigenvalue weighted by molar-refractivity contribution is 6.30. The van der Waals surface area contributed by atoms with Gasteiger partial charge in [-0.1, -0.05) is 11.6 Å². The van der Waals surface area contributed by atoms with Crippen LogP contribution in [0.25, 0.3) is 11.4 Å². The number of hydrogen-bond acceptors (Lipinski definition) is 5. The lowest BCUT2D eigenvalue weighted by molar-refractivity contribution is -0.136. The topological polar surface area (TPSA) is 107 Å². The second kappa shape index (κ2) is 7.53. The summed E-state index contributed by atoms with van der Waals surface area (Å²) in [6.07, 6.45) is -5.56. The maximum atomic E-state index is 12.7. The van der Waals surface area contributed by atoms with Crippen LogP contribution in [0.1, 0.15) is 18.1 Å².